The van der Waals surface area contributed by atoms with Crippen molar-refractivity contribution in [2.24, 2.45) is 5.41 Å². The summed E-state index contributed by atoms with van der Waals surface area (Å²) in [6.45, 7) is 4.96. The number of nitrogens with zero attached hydrogens (tertiary/aromatic N) is 2. The van der Waals surface area contributed by atoms with Crippen molar-refractivity contribution in [1.82, 2.24) is 9.55 Å². The highest BCUT2D eigenvalue weighted by Gasteiger charge is 2.31. The van der Waals surface area contributed by atoms with Crippen molar-refractivity contribution in [1.29, 1.82) is 0 Å². The fourth-order valence-electron chi connectivity index (χ4n) is 3.20. The van der Waals surface area contributed by atoms with E-state index in [-0.39, 0.29) is 29.7 Å². The maximum atomic E-state index is 13.0. The number of carbonyl (C=O) groups is 3. The first-order chi connectivity index (χ1) is 15.7. The van der Waals surface area contributed by atoms with E-state index in [1.807, 2.05) is 37.3 Å². The Morgan fingerprint density at radius 2 is 1.67 bits per heavy atom. The van der Waals surface area contributed by atoms with Crippen LogP contribution in [0.5, 0.6) is 5.75 Å². The van der Waals surface area contributed by atoms with Crippen molar-refractivity contribution in [3.63, 3.8) is 0 Å². The largest absolute Gasteiger partial charge is 0.469 e. The third-order valence-electron chi connectivity index (χ3n) is 5.19. The van der Waals surface area contributed by atoms with Crippen LogP contribution < -0.4 is 4.74 Å². The van der Waals surface area contributed by atoms with Gasteiger partial charge in [-0.3, -0.25) is 4.79 Å². The number of ether oxygens (including phenoxy) is 3. The van der Waals surface area contributed by atoms with Gasteiger partial charge in [-0.05, 0) is 38.5 Å². The zero-order valence-electron chi connectivity index (χ0n) is 19.0. The van der Waals surface area contributed by atoms with Gasteiger partial charge in [-0.25, -0.2) is 14.6 Å². The highest BCUT2D eigenvalue weighted by Crippen LogP contribution is 2.24. The van der Waals surface area contributed by atoms with Gasteiger partial charge in [0.2, 0.25) is 0 Å². The van der Waals surface area contributed by atoms with Crippen LogP contribution in [-0.2, 0) is 14.3 Å². The molecule has 3 aromatic rings. The second kappa shape index (κ2) is 10.1. The van der Waals surface area contributed by atoms with Gasteiger partial charge in [0.05, 0.1) is 31.1 Å². The van der Waals surface area contributed by atoms with Crippen molar-refractivity contribution in [2.75, 3.05) is 13.7 Å². The molecule has 0 N–H and O–H groups in total. The minimum atomic E-state index is -1.02. The molecule has 33 heavy (non-hydrogen) atoms. The lowest BCUT2D eigenvalue weighted by atomic mass is 9.95. The monoisotopic (exact) mass is 450 g/mol. The predicted molar refractivity (Wildman–Crippen MR) is 120 cm³/mol. The summed E-state index contributed by atoms with van der Waals surface area (Å²) in [5.41, 5.74) is 0.285. The van der Waals surface area contributed by atoms with Crippen molar-refractivity contribution < 1.29 is 28.6 Å². The standard InChI is InChI=1S/C25H26N2O6/c1-17(18-10-6-5-7-11-18)27-16-26-14-20(27)23(29)33-21-13-9-8-12-19(21)22(28)32-15-25(2,3)24(30)31-4/h5-14,16-17H,15H2,1-4H3/t17-/m1/s1. The third kappa shape index (κ3) is 5.46. The number of carbonyl (C=O) groups excluding carboxylic acids is 3. The summed E-state index contributed by atoms with van der Waals surface area (Å²) in [5, 5.41) is 0. The summed E-state index contributed by atoms with van der Waals surface area (Å²) in [5.74, 6) is -1.84. The van der Waals surface area contributed by atoms with Gasteiger partial charge in [0.15, 0.2) is 0 Å². The molecule has 0 spiro atoms. The summed E-state index contributed by atoms with van der Waals surface area (Å²) in [6.07, 6.45) is 2.98. The van der Waals surface area contributed by atoms with Gasteiger partial charge in [-0.2, -0.15) is 0 Å². The van der Waals surface area contributed by atoms with Crippen molar-refractivity contribution in [2.45, 2.75) is 26.8 Å². The molecular weight excluding hydrogens is 424 g/mol. The van der Waals surface area contributed by atoms with Crippen molar-refractivity contribution >= 4 is 17.9 Å². The molecule has 0 fully saturated rings. The van der Waals surface area contributed by atoms with E-state index in [2.05, 4.69) is 4.98 Å². The second-order valence-corrected chi connectivity index (χ2v) is 8.11. The van der Waals surface area contributed by atoms with Crippen molar-refractivity contribution in [3.05, 3.63) is 83.9 Å². The Balaban J connectivity index is 1.77. The zero-order valence-corrected chi connectivity index (χ0v) is 19.0. The van der Waals surface area contributed by atoms with Crippen LogP contribution >= 0.6 is 0 Å². The summed E-state index contributed by atoms with van der Waals surface area (Å²) < 4.78 is 17.3. The fourth-order valence-corrected chi connectivity index (χ4v) is 3.20. The maximum absolute atomic E-state index is 13.0. The number of esters is 3. The molecule has 3 rings (SSSR count). The number of benzene rings is 2. The molecular formula is C25H26N2O6. The van der Waals surface area contributed by atoms with Gasteiger partial charge in [0.1, 0.15) is 23.6 Å². The summed E-state index contributed by atoms with van der Waals surface area (Å²) in [6, 6.07) is 15.8. The minimum absolute atomic E-state index is 0.0449. The Hall–Kier alpha value is -3.94. The molecule has 0 aliphatic heterocycles. The van der Waals surface area contributed by atoms with E-state index in [0.717, 1.165) is 5.56 Å². The van der Waals surface area contributed by atoms with E-state index in [4.69, 9.17) is 14.2 Å². The SMILES string of the molecule is COC(=O)C(C)(C)COC(=O)c1ccccc1OC(=O)c1cncn1[C@H](C)c1ccccc1. The van der Waals surface area contributed by atoms with Crippen LogP contribution in [0.4, 0.5) is 0 Å². The van der Waals surface area contributed by atoms with E-state index in [9.17, 15) is 14.4 Å². The molecule has 1 aromatic heterocycles. The minimum Gasteiger partial charge on any atom is -0.469 e. The number of hydrogen-bond acceptors (Lipinski definition) is 7. The Kier molecular flexibility index (Phi) is 7.27. The summed E-state index contributed by atoms with van der Waals surface area (Å²) in [4.78, 5) is 41.5. The summed E-state index contributed by atoms with van der Waals surface area (Å²) >= 11 is 0. The van der Waals surface area contributed by atoms with E-state index in [1.54, 1.807) is 36.9 Å². The summed E-state index contributed by atoms with van der Waals surface area (Å²) in [7, 11) is 1.27. The third-order valence-corrected chi connectivity index (χ3v) is 5.19. The van der Waals surface area contributed by atoms with Gasteiger partial charge in [0, 0.05) is 0 Å². The molecule has 0 amide bonds. The van der Waals surface area contributed by atoms with Crippen molar-refractivity contribution in [3.8, 4) is 5.75 Å². The molecule has 0 unspecified atom stereocenters. The molecule has 0 saturated heterocycles. The van der Waals surface area contributed by atoms with Crippen LogP contribution in [0.15, 0.2) is 67.1 Å². The predicted octanol–water partition coefficient (Wildman–Crippen LogP) is 4.07. The number of rotatable bonds is 8. The highest BCUT2D eigenvalue weighted by molar-refractivity contribution is 5.95. The zero-order chi connectivity index (χ0) is 24.0. The molecule has 172 valence electrons. The molecule has 1 heterocycles. The number of para-hydroxylation sites is 1. The molecule has 1 atom stereocenters. The Labute approximate surface area is 192 Å². The molecule has 0 saturated carbocycles. The first-order valence-corrected chi connectivity index (χ1v) is 10.4. The lowest BCUT2D eigenvalue weighted by Crippen LogP contribution is -2.32. The van der Waals surface area contributed by atoms with Crippen LogP contribution in [0.1, 0.15) is 53.2 Å². The quantitative estimate of drug-likeness (QED) is 0.377. The number of methoxy groups -OCH3 is 1. The van der Waals surface area contributed by atoms with Crippen LogP contribution in [0.25, 0.3) is 0 Å². The van der Waals surface area contributed by atoms with Gasteiger partial charge in [-0.15, -0.1) is 0 Å². The van der Waals surface area contributed by atoms with E-state index < -0.39 is 23.3 Å². The molecule has 0 aliphatic carbocycles. The first-order valence-electron chi connectivity index (χ1n) is 10.4. The molecule has 0 radical (unpaired) electrons. The van der Waals surface area contributed by atoms with Crippen LogP contribution in [0, 0.1) is 5.41 Å². The normalized spacial score (nSPS) is 12.0. The van der Waals surface area contributed by atoms with E-state index in [0.29, 0.717) is 0 Å². The molecule has 0 bridgehead atoms. The van der Waals surface area contributed by atoms with Gasteiger partial charge in [0.25, 0.3) is 0 Å². The second-order valence-electron chi connectivity index (χ2n) is 8.11. The Morgan fingerprint density at radius 3 is 2.36 bits per heavy atom. The smallest absolute Gasteiger partial charge is 0.362 e. The number of imidazole rings is 1. The molecule has 8 heteroatoms. The lowest BCUT2D eigenvalue weighted by Gasteiger charge is -2.21. The fraction of sp³-hybridized carbons (Fsp3) is 0.280. The molecule has 2 aromatic carbocycles. The average Bonchev–Trinajstić information content (AvgIpc) is 3.32. The average molecular weight is 450 g/mol. The number of aromatic nitrogens is 2. The lowest BCUT2D eigenvalue weighted by molar-refractivity contribution is -0.152. The molecule has 8 nitrogen and oxygen atoms in total. The topological polar surface area (TPSA) is 96.7 Å². The Bertz CT molecular complexity index is 1140. The van der Waals surface area contributed by atoms with Gasteiger partial charge in [-0.1, -0.05) is 42.5 Å². The van der Waals surface area contributed by atoms with E-state index >= 15 is 0 Å². The Morgan fingerprint density at radius 1 is 1.00 bits per heavy atom. The van der Waals surface area contributed by atoms with Gasteiger partial charge < -0.3 is 18.8 Å². The van der Waals surface area contributed by atoms with Crippen LogP contribution in [-0.4, -0.2) is 41.2 Å². The molecule has 0 aliphatic rings. The highest BCUT2D eigenvalue weighted by atomic mass is 16.6. The maximum Gasteiger partial charge on any atom is 0.362 e. The van der Waals surface area contributed by atoms with E-state index in [1.165, 1.54) is 25.4 Å². The van der Waals surface area contributed by atoms with Crippen LogP contribution in [0.2, 0.25) is 0 Å². The van der Waals surface area contributed by atoms with Gasteiger partial charge >= 0.3 is 17.9 Å². The number of hydrogen-bond donors (Lipinski definition) is 0. The van der Waals surface area contributed by atoms with Crippen LogP contribution in [0.3, 0.4) is 0 Å². The first kappa shape index (κ1) is 23.7.